The number of benzene rings is 1. The quantitative estimate of drug-likeness (QED) is 0.742. The second kappa shape index (κ2) is 7.29. The first kappa shape index (κ1) is 18.5. The summed E-state index contributed by atoms with van der Waals surface area (Å²) in [6.45, 7) is 4.48. The van der Waals surface area contributed by atoms with Gasteiger partial charge in [-0.05, 0) is 86.0 Å². The molecule has 1 aromatic rings. The molecule has 2 N–H and O–H groups in total. The normalized spacial score (nSPS) is 33.3. The van der Waals surface area contributed by atoms with Gasteiger partial charge in [-0.1, -0.05) is 26.3 Å². The number of aromatic hydroxyl groups is 1. The van der Waals surface area contributed by atoms with Crippen molar-refractivity contribution in [3.8, 4) is 5.75 Å². The van der Waals surface area contributed by atoms with Crippen LogP contribution in [0.4, 0.5) is 0 Å². The third-order valence-corrected chi connectivity index (χ3v) is 7.52. The molecule has 0 aliphatic heterocycles. The lowest BCUT2D eigenvalue weighted by Crippen LogP contribution is -2.43. The summed E-state index contributed by atoms with van der Waals surface area (Å²) in [6, 6.07) is 5.97. The van der Waals surface area contributed by atoms with Crippen LogP contribution in [0.1, 0.15) is 82.3 Å². The molecule has 0 heterocycles. The molecule has 0 spiro atoms. The van der Waals surface area contributed by atoms with E-state index in [2.05, 4.69) is 30.4 Å². The zero-order chi connectivity index (χ0) is 19.0. The highest BCUT2D eigenvalue weighted by molar-refractivity contribution is 5.93. The van der Waals surface area contributed by atoms with E-state index in [9.17, 15) is 9.90 Å². The minimum Gasteiger partial charge on any atom is -0.508 e. The fourth-order valence-corrected chi connectivity index (χ4v) is 6.06. The van der Waals surface area contributed by atoms with E-state index >= 15 is 0 Å². The van der Waals surface area contributed by atoms with Crippen LogP contribution in [-0.4, -0.2) is 16.7 Å². The molecule has 0 saturated heterocycles. The van der Waals surface area contributed by atoms with E-state index in [4.69, 9.17) is 0 Å². The molecule has 0 aromatic heterocycles. The summed E-state index contributed by atoms with van der Waals surface area (Å²) in [4.78, 5) is 12.0. The Morgan fingerprint density at radius 2 is 2.15 bits per heavy atom. The first-order valence-electron chi connectivity index (χ1n) is 10.7. The lowest BCUT2D eigenvalue weighted by atomic mass is 9.55. The monoisotopic (exact) mass is 368 g/mol. The second-order valence-corrected chi connectivity index (χ2v) is 8.99. The van der Waals surface area contributed by atoms with Gasteiger partial charge in [-0.15, -0.1) is 0 Å². The van der Waals surface area contributed by atoms with Crippen LogP contribution in [-0.2, 0) is 11.2 Å². The molecule has 4 nitrogen and oxygen atoms in total. The molecule has 3 aliphatic rings. The van der Waals surface area contributed by atoms with E-state index in [1.165, 1.54) is 36.1 Å². The van der Waals surface area contributed by atoms with Crippen molar-refractivity contribution in [3.05, 3.63) is 29.3 Å². The average molecular weight is 369 g/mol. The summed E-state index contributed by atoms with van der Waals surface area (Å²) in [5.74, 6) is 2.41. The molecule has 27 heavy (non-hydrogen) atoms. The van der Waals surface area contributed by atoms with Crippen LogP contribution in [0.15, 0.2) is 23.3 Å². The lowest BCUT2D eigenvalue weighted by Gasteiger charge is -2.49. The summed E-state index contributed by atoms with van der Waals surface area (Å²) in [6.07, 6.45) is 9.33. The predicted molar refractivity (Wildman–Crippen MR) is 108 cm³/mol. The largest absolute Gasteiger partial charge is 0.508 e. The van der Waals surface area contributed by atoms with Crippen LogP contribution in [0.2, 0.25) is 0 Å². The Balaban J connectivity index is 1.52. The Morgan fingerprint density at radius 1 is 1.30 bits per heavy atom. The number of hydrogen-bond acceptors (Lipinski definition) is 3. The van der Waals surface area contributed by atoms with Gasteiger partial charge in [0.15, 0.2) is 0 Å². The van der Waals surface area contributed by atoms with E-state index in [0.717, 1.165) is 32.1 Å². The van der Waals surface area contributed by atoms with Gasteiger partial charge in [-0.25, -0.2) is 5.43 Å². The number of unbranched alkanes of at least 4 members (excludes halogenated alkanes) is 1. The maximum Gasteiger partial charge on any atom is 0.240 e. The van der Waals surface area contributed by atoms with Crippen molar-refractivity contribution < 1.29 is 9.90 Å². The number of nitrogens with zero attached hydrogens (tertiary/aromatic N) is 1. The van der Waals surface area contributed by atoms with Gasteiger partial charge in [-0.3, -0.25) is 4.79 Å². The van der Waals surface area contributed by atoms with E-state index in [0.29, 0.717) is 29.9 Å². The standard InChI is InChI=1S/C23H32N2O2/c1-3-4-5-22(27)25-24-21-11-10-20-19-8-6-15-14-16(26)7-9-17(15)18(19)12-13-23(20,21)2/h7,9,14,18-20,26H,3-6,8,10-13H2,1-2H3,(H,25,27)/b24-21+. The van der Waals surface area contributed by atoms with E-state index in [1.807, 2.05) is 12.1 Å². The Bertz CT molecular complexity index is 757. The van der Waals surface area contributed by atoms with E-state index < -0.39 is 0 Å². The van der Waals surface area contributed by atoms with E-state index in [1.54, 1.807) is 0 Å². The molecule has 2 fully saturated rings. The molecule has 0 radical (unpaired) electrons. The number of phenolic OH excluding ortho intramolecular Hbond substituents is 1. The molecule has 0 bridgehead atoms. The van der Waals surface area contributed by atoms with Crippen LogP contribution >= 0.6 is 0 Å². The molecule has 4 atom stereocenters. The summed E-state index contributed by atoms with van der Waals surface area (Å²) in [7, 11) is 0. The highest BCUT2D eigenvalue weighted by Crippen LogP contribution is 2.59. The number of hydrazone groups is 1. The summed E-state index contributed by atoms with van der Waals surface area (Å²) in [5.41, 5.74) is 6.99. The summed E-state index contributed by atoms with van der Waals surface area (Å²) in [5, 5.41) is 14.4. The highest BCUT2D eigenvalue weighted by atomic mass is 16.3. The van der Waals surface area contributed by atoms with Crippen molar-refractivity contribution in [1.29, 1.82) is 0 Å². The Kier molecular flexibility index (Phi) is 5.00. The van der Waals surface area contributed by atoms with Crippen molar-refractivity contribution in [2.75, 3.05) is 0 Å². The maximum absolute atomic E-state index is 12.0. The van der Waals surface area contributed by atoms with Gasteiger partial charge in [0.1, 0.15) is 5.75 Å². The van der Waals surface area contributed by atoms with Gasteiger partial charge >= 0.3 is 0 Å². The highest BCUT2D eigenvalue weighted by Gasteiger charge is 2.53. The number of amides is 1. The third-order valence-electron chi connectivity index (χ3n) is 7.52. The third kappa shape index (κ3) is 3.28. The fraction of sp³-hybridized carbons (Fsp3) is 0.652. The number of nitrogens with one attached hydrogen (secondary N) is 1. The first-order chi connectivity index (χ1) is 13.0. The number of carbonyl (C=O) groups excluding carboxylic acids is 1. The fourth-order valence-electron chi connectivity index (χ4n) is 6.06. The molecule has 146 valence electrons. The zero-order valence-electron chi connectivity index (χ0n) is 16.6. The lowest BCUT2D eigenvalue weighted by molar-refractivity contribution is -0.121. The minimum atomic E-state index is 0.0523. The van der Waals surface area contributed by atoms with Crippen molar-refractivity contribution >= 4 is 11.6 Å². The Labute approximate surface area is 162 Å². The summed E-state index contributed by atoms with van der Waals surface area (Å²) >= 11 is 0. The Morgan fingerprint density at radius 3 is 2.96 bits per heavy atom. The number of aryl methyl sites for hydroxylation is 1. The van der Waals surface area contributed by atoms with Crippen LogP contribution < -0.4 is 5.43 Å². The van der Waals surface area contributed by atoms with Gasteiger partial charge in [0.05, 0.1) is 0 Å². The number of carbonyl (C=O) groups is 1. The van der Waals surface area contributed by atoms with E-state index in [-0.39, 0.29) is 11.3 Å². The first-order valence-corrected chi connectivity index (χ1v) is 10.7. The number of rotatable bonds is 4. The van der Waals surface area contributed by atoms with Crippen LogP contribution in [0.5, 0.6) is 5.75 Å². The average Bonchev–Trinajstić information content (AvgIpc) is 3.00. The van der Waals surface area contributed by atoms with Crippen molar-refractivity contribution in [3.63, 3.8) is 0 Å². The van der Waals surface area contributed by atoms with Gasteiger partial charge in [0, 0.05) is 17.5 Å². The van der Waals surface area contributed by atoms with Crippen LogP contribution in [0.3, 0.4) is 0 Å². The minimum absolute atomic E-state index is 0.0523. The van der Waals surface area contributed by atoms with Crippen molar-refractivity contribution in [2.24, 2.45) is 22.4 Å². The molecule has 1 aromatic carbocycles. The molecule has 4 heteroatoms. The zero-order valence-corrected chi connectivity index (χ0v) is 16.6. The molecule has 3 aliphatic carbocycles. The van der Waals surface area contributed by atoms with Gasteiger partial charge < -0.3 is 5.11 Å². The Hall–Kier alpha value is -1.84. The van der Waals surface area contributed by atoms with Crippen molar-refractivity contribution in [1.82, 2.24) is 5.43 Å². The smallest absolute Gasteiger partial charge is 0.240 e. The molecule has 2 saturated carbocycles. The number of fused-ring (bicyclic) bond motifs is 5. The molecule has 4 unspecified atom stereocenters. The predicted octanol–water partition coefficient (Wildman–Crippen LogP) is 4.91. The maximum atomic E-state index is 12.0. The molecular formula is C23H32N2O2. The molecular weight excluding hydrogens is 336 g/mol. The summed E-state index contributed by atoms with van der Waals surface area (Å²) < 4.78 is 0. The van der Waals surface area contributed by atoms with Crippen LogP contribution in [0, 0.1) is 17.3 Å². The number of phenols is 1. The molecule has 4 rings (SSSR count). The molecule has 1 amide bonds. The topological polar surface area (TPSA) is 61.7 Å². The van der Waals surface area contributed by atoms with Gasteiger partial charge in [-0.2, -0.15) is 5.10 Å². The number of hydrogen-bond donors (Lipinski definition) is 2. The SMILES string of the molecule is CCCCC(=O)N/N=C1\CCC2C3CCc4cc(O)ccc4C3CCC12C. The van der Waals surface area contributed by atoms with Crippen molar-refractivity contribution in [2.45, 2.75) is 77.6 Å². The van der Waals surface area contributed by atoms with Crippen LogP contribution in [0.25, 0.3) is 0 Å². The second-order valence-electron chi connectivity index (χ2n) is 8.99. The van der Waals surface area contributed by atoms with Gasteiger partial charge in [0.2, 0.25) is 5.91 Å². The van der Waals surface area contributed by atoms with Gasteiger partial charge in [0.25, 0.3) is 0 Å².